The number of carbonyl (C=O) groups is 1. The van der Waals surface area contributed by atoms with Crippen LogP contribution in [0.25, 0.3) is 10.9 Å². The van der Waals surface area contributed by atoms with Gasteiger partial charge in [-0.25, -0.2) is 4.39 Å². The number of hydrogen-bond acceptors (Lipinski definition) is 3. The van der Waals surface area contributed by atoms with Crippen LogP contribution in [-0.2, 0) is 6.42 Å². The molecular formula is C26H23FN2O3. The van der Waals surface area contributed by atoms with Crippen LogP contribution in [0.5, 0.6) is 11.5 Å². The van der Waals surface area contributed by atoms with Crippen LogP contribution in [-0.4, -0.2) is 36.6 Å². The zero-order valence-corrected chi connectivity index (χ0v) is 17.9. The molecule has 0 radical (unpaired) electrons. The number of para-hydroxylation sites is 1. The zero-order valence-electron chi connectivity index (χ0n) is 17.9. The summed E-state index contributed by atoms with van der Waals surface area (Å²) < 4.78 is 24.6. The average molecular weight is 430 g/mol. The third-order valence-corrected chi connectivity index (χ3v) is 6.12. The van der Waals surface area contributed by atoms with Crippen LogP contribution in [0.2, 0.25) is 0 Å². The summed E-state index contributed by atoms with van der Waals surface area (Å²) in [7, 11) is 3.21. The number of fused-ring (bicyclic) bond motifs is 3. The molecule has 0 fully saturated rings. The molecule has 1 amide bonds. The molecule has 0 spiro atoms. The van der Waals surface area contributed by atoms with Crippen molar-refractivity contribution in [3.05, 3.63) is 94.9 Å². The second kappa shape index (κ2) is 8.04. The molecule has 1 atom stereocenters. The van der Waals surface area contributed by atoms with Crippen LogP contribution in [0.15, 0.2) is 66.7 Å². The molecule has 4 aromatic rings. The number of nitrogens with one attached hydrogen (secondary N) is 1. The monoisotopic (exact) mass is 430 g/mol. The number of aromatic amines is 1. The number of aromatic nitrogens is 1. The maximum Gasteiger partial charge on any atom is 0.258 e. The van der Waals surface area contributed by atoms with Gasteiger partial charge in [-0.05, 0) is 60.0 Å². The Hall–Kier alpha value is -3.80. The number of amides is 1. The number of H-pyrrole nitrogens is 1. The topological polar surface area (TPSA) is 54.6 Å². The Morgan fingerprint density at radius 3 is 2.56 bits per heavy atom. The molecule has 0 saturated heterocycles. The van der Waals surface area contributed by atoms with Crippen molar-refractivity contribution in [2.75, 3.05) is 20.8 Å². The van der Waals surface area contributed by atoms with E-state index < -0.39 is 0 Å². The third-order valence-electron chi connectivity index (χ3n) is 6.12. The Bertz CT molecular complexity index is 1300. The molecule has 5 nitrogen and oxygen atoms in total. The van der Waals surface area contributed by atoms with E-state index in [9.17, 15) is 9.18 Å². The Morgan fingerprint density at radius 2 is 1.81 bits per heavy atom. The predicted molar refractivity (Wildman–Crippen MR) is 121 cm³/mol. The third kappa shape index (κ3) is 3.28. The number of ether oxygens (including phenoxy) is 2. The molecule has 0 unspecified atom stereocenters. The van der Waals surface area contributed by atoms with Crippen molar-refractivity contribution in [2.24, 2.45) is 0 Å². The minimum atomic E-state index is -0.379. The Morgan fingerprint density at radius 1 is 1.03 bits per heavy atom. The minimum Gasteiger partial charge on any atom is -0.497 e. The summed E-state index contributed by atoms with van der Waals surface area (Å²) in [5.74, 6) is 0.875. The van der Waals surface area contributed by atoms with Gasteiger partial charge in [-0.2, -0.15) is 0 Å². The summed E-state index contributed by atoms with van der Waals surface area (Å²) >= 11 is 0. The summed E-state index contributed by atoms with van der Waals surface area (Å²) in [5, 5.41) is 1.08. The van der Waals surface area contributed by atoms with E-state index in [2.05, 4.69) is 4.98 Å². The van der Waals surface area contributed by atoms with E-state index in [4.69, 9.17) is 9.47 Å². The van der Waals surface area contributed by atoms with Crippen LogP contribution >= 0.6 is 0 Å². The summed E-state index contributed by atoms with van der Waals surface area (Å²) in [6, 6.07) is 19.1. The molecule has 162 valence electrons. The smallest absolute Gasteiger partial charge is 0.258 e. The highest BCUT2D eigenvalue weighted by Gasteiger charge is 2.35. The minimum absolute atomic E-state index is 0.126. The van der Waals surface area contributed by atoms with E-state index in [1.807, 2.05) is 35.2 Å². The lowest BCUT2D eigenvalue weighted by Gasteiger charge is -2.36. The van der Waals surface area contributed by atoms with Crippen LogP contribution in [0, 0.1) is 5.82 Å². The highest BCUT2D eigenvalue weighted by atomic mass is 19.1. The van der Waals surface area contributed by atoms with Crippen molar-refractivity contribution in [2.45, 2.75) is 12.5 Å². The fourth-order valence-electron chi connectivity index (χ4n) is 4.58. The van der Waals surface area contributed by atoms with Gasteiger partial charge in [0, 0.05) is 23.1 Å². The van der Waals surface area contributed by atoms with Gasteiger partial charge >= 0.3 is 0 Å². The molecule has 0 bridgehead atoms. The number of rotatable bonds is 4. The quantitative estimate of drug-likeness (QED) is 0.489. The van der Waals surface area contributed by atoms with Crippen molar-refractivity contribution in [1.29, 1.82) is 0 Å². The second-order valence-electron chi connectivity index (χ2n) is 7.83. The average Bonchev–Trinajstić information content (AvgIpc) is 3.21. The number of nitrogens with zero attached hydrogens (tertiary/aromatic N) is 1. The molecule has 3 aromatic carbocycles. The van der Waals surface area contributed by atoms with Gasteiger partial charge in [0.15, 0.2) is 0 Å². The van der Waals surface area contributed by atoms with Gasteiger partial charge in [-0.3, -0.25) is 4.79 Å². The van der Waals surface area contributed by atoms with E-state index >= 15 is 0 Å². The Balaban J connectivity index is 1.67. The Labute approximate surface area is 185 Å². The predicted octanol–water partition coefficient (Wildman–Crippen LogP) is 5.11. The SMILES string of the molecule is COc1ccc2[nH]c3c(c2c1)CCN(C(=O)c1ccccc1OC)[C@H]3c1ccc(F)cc1. The lowest BCUT2D eigenvalue weighted by atomic mass is 9.91. The standard InChI is InChI=1S/C26H23FN2O3/c1-31-18-11-12-22-21(15-18)19-13-14-29(26(30)20-5-3-4-6-23(20)32-2)25(24(19)28-22)16-7-9-17(27)10-8-16/h3-12,15,25,28H,13-14H2,1-2H3/t25-/m0/s1. The number of hydrogen-bond donors (Lipinski definition) is 1. The normalized spacial score (nSPS) is 15.5. The maximum absolute atomic E-state index is 13.7. The molecule has 0 aliphatic carbocycles. The molecule has 1 N–H and O–H groups in total. The van der Waals surface area contributed by atoms with E-state index in [-0.39, 0.29) is 17.8 Å². The molecule has 1 aliphatic heterocycles. The number of carbonyl (C=O) groups excluding carboxylic acids is 1. The fourth-order valence-corrected chi connectivity index (χ4v) is 4.58. The zero-order chi connectivity index (χ0) is 22.2. The van der Waals surface area contributed by atoms with Gasteiger partial charge in [0.1, 0.15) is 17.3 Å². The lowest BCUT2D eigenvalue weighted by molar-refractivity contribution is 0.0688. The van der Waals surface area contributed by atoms with Crippen LogP contribution in [0.1, 0.15) is 33.2 Å². The van der Waals surface area contributed by atoms with E-state index in [0.717, 1.165) is 33.5 Å². The largest absolute Gasteiger partial charge is 0.497 e. The van der Waals surface area contributed by atoms with Crippen molar-refractivity contribution in [3.63, 3.8) is 0 Å². The van der Waals surface area contributed by atoms with Crippen molar-refractivity contribution < 1.29 is 18.7 Å². The molecule has 32 heavy (non-hydrogen) atoms. The van der Waals surface area contributed by atoms with Gasteiger partial charge in [0.05, 0.1) is 25.8 Å². The van der Waals surface area contributed by atoms with Crippen molar-refractivity contribution in [3.8, 4) is 11.5 Å². The highest BCUT2D eigenvalue weighted by Crippen LogP contribution is 2.40. The molecular weight excluding hydrogens is 407 g/mol. The van der Waals surface area contributed by atoms with Crippen LogP contribution in [0.4, 0.5) is 4.39 Å². The second-order valence-corrected chi connectivity index (χ2v) is 7.83. The van der Waals surface area contributed by atoms with Crippen LogP contribution < -0.4 is 9.47 Å². The summed E-state index contributed by atoms with van der Waals surface area (Å²) in [5.41, 5.74) is 4.42. The first-order valence-corrected chi connectivity index (χ1v) is 10.5. The lowest BCUT2D eigenvalue weighted by Crippen LogP contribution is -2.40. The molecule has 2 heterocycles. The maximum atomic E-state index is 13.7. The first-order chi connectivity index (χ1) is 15.6. The number of methoxy groups -OCH3 is 2. The molecule has 6 heteroatoms. The molecule has 5 rings (SSSR count). The van der Waals surface area contributed by atoms with E-state index in [0.29, 0.717) is 24.3 Å². The fraction of sp³-hybridized carbons (Fsp3) is 0.192. The summed E-state index contributed by atoms with van der Waals surface area (Å²) in [4.78, 5) is 19.0. The first kappa shape index (κ1) is 20.1. The molecule has 1 aromatic heterocycles. The van der Waals surface area contributed by atoms with Crippen molar-refractivity contribution >= 4 is 16.8 Å². The number of benzene rings is 3. The van der Waals surface area contributed by atoms with Gasteiger partial charge in [-0.1, -0.05) is 24.3 Å². The molecule has 0 saturated carbocycles. The Kier molecular flexibility index (Phi) is 5.05. The van der Waals surface area contributed by atoms with Gasteiger partial charge < -0.3 is 19.4 Å². The summed E-state index contributed by atoms with van der Waals surface area (Å²) in [6.07, 6.45) is 0.696. The summed E-state index contributed by atoms with van der Waals surface area (Å²) in [6.45, 7) is 0.524. The van der Waals surface area contributed by atoms with Crippen molar-refractivity contribution in [1.82, 2.24) is 9.88 Å². The highest BCUT2D eigenvalue weighted by molar-refractivity contribution is 5.98. The van der Waals surface area contributed by atoms with Gasteiger partial charge in [-0.15, -0.1) is 0 Å². The van der Waals surface area contributed by atoms with E-state index in [1.54, 1.807) is 38.5 Å². The van der Waals surface area contributed by atoms with Gasteiger partial charge in [0.25, 0.3) is 5.91 Å². The molecule has 1 aliphatic rings. The van der Waals surface area contributed by atoms with Gasteiger partial charge in [0.2, 0.25) is 0 Å². The van der Waals surface area contributed by atoms with E-state index in [1.165, 1.54) is 12.1 Å². The number of halogens is 1. The first-order valence-electron chi connectivity index (χ1n) is 10.5. The van der Waals surface area contributed by atoms with Crippen LogP contribution in [0.3, 0.4) is 0 Å².